The van der Waals surface area contributed by atoms with Crippen molar-refractivity contribution in [1.82, 2.24) is 15.1 Å². The molecule has 0 spiro atoms. The van der Waals surface area contributed by atoms with Crippen molar-refractivity contribution in [2.45, 2.75) is 50.9 Å². The molecule has 1 aliphatic heterocycles. The topological polar surface area (TPSA) is 76.0 Å². The first-order chi connectivity index (χ1) is 12.8. The molecule has 26 heavy (non-hydrogen) atoms. The number of nitrogens with one attached hydrogen (secondary N) is 2. The van der Waals surface area contributed by atoms with Crippen LogP contribution in [0, 0.1) is 0 Å². The first kappa shape index (κ1) is 18.2. The van der Waals surface area contributed by atoms with Gasteiger partial charge in [-0.05, 0) is 31.4 Å². The summed E-state index contributed by atoms with van der Waals surface area (Å²) >= 11 is 0. The van der Waals surface area contributed by atoms with E-state index < -0.39 is 0 Å². The van der Waals surface area contributed by atoms with Crippen LogP contribution in [0.1, 0.15) is 56.6 Å². The molecule has 2 fully saturated rings. The molecular weight excluding hydrogens is 328 g/mol. The third kappa shape index (κ3) is 4.71. The number of carbonyl (C=O) groups excluding carboxylic acids is 2. The smallest absolute Gasteiger partial charge is 0.220 e. The summed E-state index contributed by atoms with van der Waals surface area (Å²) < 4.78 is 1.97. The Bertz CT molecular complexity index is 713. The molecule has 1 aromatic heterocycles. The molecule has 2 N–H and O–H groups in total. The minimum atomic E-state index is 0.204. The Morgan fingerprint density at radius 2 is 1.88 bits per heavy atom. The van der Waals surface area contributed by atoms with E-state index in [0.717, 1.165) is 25.1 Å². The van der Waals surface area contributed by atoms with E-state index in [1.807, 2.05) is 41.1 Å². The van der Waals surface area contributed by atoms with Gasteiger partial charge in [0.15, 0.2) is 5.82 Å². The number of amides is 2. The van der Waals surface area contributed by atoms with Gasteiger partial charge in [0.2, 0.25) is 12.3 Å². The zero-order valence-electron chi connectivity index (χ0n) is 15.0. The second kappa shape index (κ2) is 9.17. The van der Waals surface area contributed by atoms with Crippen molar-refractivity contribution >= 4 is 18.1 Å². The first-order valence-electron chi connectivity index (χ1n) is 9.40. The van der Waals surface area contributed by atoms with Gasteiger partial charge < -0.3 is 10.6 Å². The molecule has 0 bridgehead atoms. The van der Waals surface area contributed by atoms with Gasteiger partial charge in [-0.25, -0.2) is 4.68 Å². The number of nitrogens with zero attached hydrogens (tertiary/aromatic N) is 2. The summed E-state index contributed by atoms with van der Waals surface area (Å²) in [4.78, 5) is 20.8. The molecule has 0 atom stereocenters. The van der Waals surface area contributed by atoms with Crippen molar-refractivity contribution in [3.05, 3.63) is 42.1 Å². The zero-order chi connectivity index (χ0) is 18.2. The van der Waals surface area contributed by atoms with Gasteiger partial charge in [-0.15, -0.1) is 5.10 Å². The molecule has 1 saturated carbocycles. The maximum Gasteiger partial charge on any atom is 0.220 e. The molecule has 6 heteroatoms. The quantitative estimate of drug-likeness (QED) is 0.827. The molecule has 0 radical (unpaired) electrons. The Hall–Kier alpha value is -2.63. The van der Waals surface area contributed by atoms with Crippen molar-refractivity contribution in [2.24, 2.45) is 0 Å². The lowest BCUT2D eigenvalue weighted by atomic mass is 9.87. The van der Waals surface area contributed by atoms with Crippen LogP contribution < -0.4 is 10.6 Å². The standard InChI is InChI=1S/C16H19N3O.C4H7NO/c20-12-17-16-11-15(13-7-3-1-4-8-13)19(18-16)14-9-5-2-6-10-14;6-4-2-1-3-5-4/h2,5-6,9-13H,1,3-4,7-8H2,(H,17,18,20);1-3H2,(H,5,6). The second-order valence-corrected chi connectivity index (χ2v) is 6.75. The van der Waals surface area contributed by atoms with E-state index in [4.69, 9.17) is 0 Å². The first-order valence-corrected chi connectivity index (χ1v) is 9.40. The SMILES string of the molecule is O=C1CCCN1.O=CNc1cc(C2CCCCC2)n(-c2ccccc2)n1. The molecule has 1 saturated heterocycles. The normalized spacial score (nSPS) is 17.2. The van der Waals surface area contributed by atoms with Crippen LogP contribution in [0.3, 0.4) is 0 Å². The van der Waals surface area contributed by atoms with Gasteiger partial charge >= 0.3 is 0 Å². The minimum absolute atomic E-state index is 0.204. The van der Waals surface area contributed by atoms with E-state index >= 15 is 0 Å². The van der Waals surface area contributed by atoms with E-state index in [1.54, 1.807) is 0 Å². The lowest BCUT2D eigenvalue weighted by Crippen LogP contribution is -2.12. The molecule has 1 aliphatic carbocycles. The van der Waals surface area contributed by atoms with E-state index in [9.17, 15) is 9.59 Å². The summed E-state index contributed by atoms with van der Waals surface area (Å²) in [5.74, 6) is 1.37. The molecule has 2 amide bonds. The van der Waals surface area contributed by atoms with E-state index in [0.29, 0.717) is 18.1 Å². The molecule has 2 aromatic rings. The highest BCUT2D eigenvalue weighted by atomic mass is 16.1. The number of rotatable bonds is 4. The van der Waals surface area contributed by atoms with Crippen LogP contribution in [0.4, 0.5) is 5.82 Å². The number of carbonyl (C=O) groups is 2. The van der Waals surface area contributed by atoms with Crippen molar-refractivity contribution in [3.63, 3.8) is 0 Å². The summed E-state index contributed by atoms with van der Waals surface area (Å²) in [6.45, 7) is 0.888. The average Bonchev–Trinajstić information content (AvgIpc) is 3.33. The summed E-state index contributed by atoms with van der Waals surface area (Å²) in [6.07, 6.45) is 8.75. The van der Waals surface area contributed by atoms with Crippen LogP contribution >= 0.6 is 0 Å². The van der Waals surface area contributed by atoms with Gasteiger partial charge in [0, 0.05) is 30.6 Å². The highest BCUT2D eigenvalue weighted by molar-refractivity contribution is 5.77. The molecular formula is C20H26N4O2. The Balaban J connectivity index is 0.000000278. The summed E-state index contributed by atoms with van der Waals surface area (Å²) in [5.41, 5.74) is 2.26. The Labute approximate surface area is 154 Å². The van der Waals surface area contributed by atoms with E-state index in [2.05, 4.69) is 15.7 Å². The van der Waals surface area contributed by atoms with Crippen molar-refractivity contribution in [3.8, 4) is 5.69 Å². The van der Waals surface area contributed by atoms with Gasteiger partial charge in [0.25, 0.3) is 0 Å². The van der Waals surface area contributed by atoms with Crippen LogP contribution in [0.2, 0.25) is 0 Å². The highest BCUT2D eigenvalue weighted by Gasteiger charge is 2.21. The van der Waals surface area contributed by atoms with Gasteiger partial charge in [-0.2, -0.15) is 0 Å². The Kier molecular flexibility index (Phi) is 6.41. The van der Waals surface area contributed by atoms with Crippen molar-refractivity contribution in [2.75, 3.05) is 11.9 Å². The van der Waals surface area contributed by atoms with Crippen LogP contribution in [0.5, 0.6) is 0 Å². The molecule has 2 heterocycles. The summed E-state index contributed by atoms with van der Waals surface area (Å²) in [5, 5.41) is 9.86. The van der Waals surface area contributed by atoms with Gasteiger partial charge in [0.1, 0.15) is 0 Å². The minimum Gasteiger partial charge on any atom is -0.356 e. The van der Waals surface area contributed by atoms with E-state index in [-0.39, 0.29) is 5.91 Å². The van der Waals surface area contributed by atoms with Gasteiger partial charge in [0.05, 0.1) is 5.69 Å². The number of para-hydroxylation sites is 1. The third-order valence-corrected chi connectivity index (χ3v) is 4.87. The number of anilines is 1. The molecule has 138 valence electrons. The predicted octanol–water partition coefficient (Wildman–Crippen LogP) is 3.38. The van der Waals surface area contributed by atoms with Crippen molar-refractivity contribution < 1.29 is 9.59 Å². The number of hydrogen-bond donors (Lipinski definition) is 2. The molecule has 2 aliphatic rings. The number of benzene rings is 1. The lowest BCUT2D eigenvalue weighted by molar-refractivity contribution is -0.119. The fraction of sp³-hybridized carbons (Fsp3) is 0.450. The maximum absolute atomic E-state index is 10.6. The van der Waals surface area contributed by atoms with Gasteiger partial charge in [-0.1, -0.05) is 37.5 Å². The average molecular weight is 354 g/mol. The Morgan fingerprint density at radius 3 is 2.46 bits per heavy atom. The number of hydrogen-bond acceptors (Lipinski definition) is 3. The predicted molar refractivity (Wildman–Crippen MR) is 101 cm³/mol. The zero-order valence-corrected chi connectivity index (χ0v) is 15.0. The van der Waals surface area contributed by atoms with Crippen LogP contribution in [-0.4, -0.2) is 28.6 Å². The fourth-order valence-electron chi connectivity index (χ4n) is 3.56. The van der Waals surface area contributed by atoms with Crippen LogP contribution in [0.15, 0.2) is 36.4 Å². The maximum atomic E-state index is 10.6. The molecule has 6 nitrogen and oxygen atoms in total. The second-order valence-electron chi connectivity index (χ2n) is 6.75. The lowest BCUT2D eigenvalue weighted by Gasteiger charge is -2.22. The van der Waals surface area contributed by atoms with Crippen molar-refractivity contribution in [1.29, 1.82) is 0 Å². The molecule has 1 aromatic carbocycles. The van der Waals surface area contributed by atoms with Crippen LogP contribution in [-0.2, 0) is 9.59 Å². The largest absolute Gasteiger partial charge is 0.356 e. The fourth-order valence-corrected chi connectivity index (χ4v) is 3.56. The number of aromatic nitrogens is 2. The Morgan fingerprint density at radius 1 is 1.12 bits per heavy atom. The molecule has 4 rings (SSSR count). The highest BCUT2D eigenvalue weighted by Crippen LogP contribution is 2.34. The summed E-state index contributed by atoms with van der Waals surface area (Å²) in [6, 6.07) is 12.1. The third-order valence-electron chi connectivity index (χ3n) is 4.87. The van der Waals surface area contributed by atoms with E-state index in [1.165, 1.54) is 37.8 Å². The van der Waals surface area contributed by atoms with Crippen LogP contribution in [0.25, 0.3) is 5.69 Å². The summed E-state index contributed by atoms with van der Waals surface area (Å²) in [7, 11) is 0. The monoisotopic (exact) mass is 354 g/mol. The van der Waals surface area contributed by atoms with Gasteiger partial charge in [-0.3, -0.25) is 9.59 Å². The molecule has 0 unspecified atom stereocenters.